The first-order valence-electron chi connectivity index (χ1n) is 5.33. The van der Waals surface area contributed by atoms with Crippen LogP contribution in [0.3, 0.4) is 0 Å². The van der Waals surface area contributed by atoms with Crippen LogP contribution in [0.1, 0.15) is 32.5 Å². The van der Waals surface area contributed by atoms with Gasteiger partial charge in [0.15, 0.2) is 6.29 Å². The Hall–Kier alpha value is -0.870. The number of fused-ring (bicyclic) bond motifs is 1. The van der Waals surface area contributed by atoms with Gasteiger partial charge in [0.1, 0.15) is 6.10 Å². The van der Waals surface area contributed by atoms with Crippen molar-refractivity contribution in [2.75, 3.05) is 0 Å². The second-order valence-electron chi connectivity index (χ2n) is 4.03. The number of thiophene rings is 1. The minimum absolute atomic E-state index is 0.226. The average molecular weight is 299 g/mol. The third-order valence-electron chi connectivity index (χ3n) is 2.93. The van der Waals surface area contributed by atoms with Gasteiger partial charge in [0.2, 0.25) is 0 Å². The number of carbonyl (C=O) groups is 1. The summed E-state index contributed by atoms with van der Waals surface area (Å²) in [5, 5.41) is 0.672. The van der Waals surface area contributed by atoms with Gasteiger partial charge >= 0.3 is 0 Å². The van der Waals surface area contributed by atoms with Crippen LogP contribution in [0.25, 0.3) is 0 Å². The van der Waals surface area contributed by atoms with Gasteiger partial charge in [-0.25, -0.2) is 0 Å². The molecule has 0 saturated carbocycles. The number of aldehydes is 1. The van der Waals surface area contributed by atoms with E-state index in [0.717, 1.165) is 23.0 Å². The van der Waals surface area contributed by atoms with E-state index in [4.69, 9.17) is 27.9 Å². The van der Waals surface area contributed by atoms with Gasteiger partial charge in [0.25, 0.3) is 0 Å². The van der Waals surface area contributed by atoms with E-state index in [1.807, 2.05) is 18.2 Å². The predicted octanol–water partition coefficient (Wildman–Crippen LogP) is 4.49. The molecule has 0 radical (unpaired) electrons. The maximum atomic E-state index is 10.8. The van der Waals surface area contributed by atoms with Crippen molar-refractivity contribution >= 4 is 40.8 Å². The third kappa shape index (κ3) is 1.97. The lowest BCUT2D eigenvalue weighted by Gasteiger charge is -2.10. The molecule has 2 aromatic rings. The first kappa shape index (κ1) is 12.2. The molecular formula is C13H8Cl2O2S. The first-order valence-corrected chi connectivity index (χ1v) is 6.90. The minimum Gasteiger partial charge on any atom is -0.364 e. The van der Waals surface area contributed by atoms with E-state index in [1.165, 1.54) is 11.3 Å². The van der Waals surface area contributed by atoms with Crippen molar-refractivity contribution in [3.8, 4) is 0 Å². The summed E-state index contributed by atoms with van der Waals surface area (Å²) in [6.07, 6.45) is 0.574. The van der Waals surface area contributed by atoms with E-state index in [0.29, 0.717) is 20.8 Å². The second kappa shape index (κ2) is 4.67. The highest BCUT2D eigenvalue weighted by atomic mass is 35.5. The lowest BCUT2D eigenvalue weighted by atomic mass is 10.0. The van der Waals surface area contributed by atoms with E-state index in [9.17, 15) is 4.79 Å². The van der Waals surface area contributed by atoms with E-state index in [2.05, 4.69) is 0 Å². The summed E-state index contributed by atoms with van der Waals surface area (Å²) in [5.74, 6) is 0. The minimum atomic E-state index is -0.226. The van der Waals surface area contributed by atoms with E-state index in [-0.39, 0.29) is 6.10 Å². The van der Waals surface area contributed by atoms with E-state index < -0.39 is 0 Å². The van der Waals surface area contributed by atoms with Crippen LogP contribution in [0.2, 0.25) is 9.36 Å². The fraction of sp³-hybridized carbons (Fsp3) is 0.154. The zero-order valence-corrected chi connectivity index (χ0v) is 11.5. The Morgan fingerprint density at radius 1 is 1.28 bits per heavy atom. The summed E-state index contributed by atoms with van der Waals surface area (Å²) in [4.78, 5) is 11.4. The molecule has 1 aromatic heterocycles. The molecule has 3 rings (SSSR count). The highest BCUT2D eigenvalue weighted by molar-refractivity contribution is 7.17. The van der Waals surface area contributed by atoms with Gasteiger partial charge in [-0.2, -0.15) is 0 Å². The molecule has 0 fully saturated rings. The van der Waals surface area contributed by atoms with Crippen molar-refractivity contribution < 1.29 is 9.53 Å². The summed E-state index contributed by atoms with van der Waals surface area (Å²) in [6, 6.07) is 7.47. The lowest BCUT2D eigenvalue weighted by Crippen LogP contribution is -1.97. The largest absolute Gasteiger partial charge is 0.364 e. The van der Waals surface area contributed by atoms with Crippen molar-refractivity contribution in [1.82, 2.24) is 0 Å². The molecule has 1 atom stereocenters. The van der Waals surface area contributed by atoms with Crippen molar-refractivity contribution in [2.45, 2.75) is 12.7 Å². The van der Waals surface area contributed by atoms with Crippen molar-refractivity contribution in [1.29, 1.82) is 0 Å². The highest BCUT2D eigenvalue weighted by Crippen LogP contribution is 2.42. The molecule has 2 nitrogen and oxygen atoms in total. The molecule has 0 saturated heterocycles. The Bertz CT molecular complexity index is 621. The molecule has 0 spiro atoms. The summed E-state index contributed by atoms with van der Waals surface area (Å²) in [6.45, 7) is 0.541. The number of carbonyl (C=O) groups excluding carboxylic acids is 1. The molecule has 1 aromatic carbocycles. The van der Waals surface area contributed by atoms with Crippen molar-refractivity contribution in [3.05, 3.63) is 55.2 Å². The number of halogens is 2. The SMILES string of the molecule is O=Cc1cc(C2OCc3ccc(Cl)cc32)c(Cl)s1. The van der Waals surface area contributed by atoms with Gasteiger partial charge in [0, 0.05) is 10.6 Å². The first-order chi connectivity index (χ1) is 8.69. The normalized spacial score (nSPS) is 17.8. The van der Waals surface area contributed by atoms with Gasteiger partial charge in [-0.3, -0.25) is 4.79 Å². The van der Waals surface area contributed by atoms with Gasteiger partial charge in [0.05, 0.1) is 15.8 Å². The van der Waals surface area contributed by atoms with Gasteiger partial charge in [-0.1, -0.05) is 29.3 Å². The fourth-order valence-corrected chi connectivity index (χ4v) is 3.43. The summed E-state index contributed by atoms with van der Waals surface area (Å²) in [7, 11) is 0. The van der Waals surface area contributed by atoms with Crippen LogP contribution in [0.4, 0.5) is 0 Å². The van der Waals surface area contributed by atoms with Crippen LogP contribution in [-0.2, 0) is 11.3 Å². The molecule has 1 aliphatic rings. The molecule has 18 heavy (non-hydrogen) atoms. The molecule has 0 aliphatic carbocycles. The smallest absolute Gasteiger partial charge is 0.160 e. The topological polar surface area (TPSA) is 26.3 Å². The van der Waals surface area contributed by atoms with Crippen LogP contribution in [-0.4, -0.2) is 6.29 Å². The predicted molar refractivity (Wildman–Crippen MR) is 72.8 cm³/mol. The monoisotopic (exact) mass is 298 g/mol. The van der Waals surface area contributed by atoms with E-state index >= 15 is 0 Å². The Labute approximate surface area is 118 Å². The third-order valence-corrected chi connectivity index (χ3v) is 4.48. The zero-order valence-electron chi connectivity index (χ0n) is 9.15. The van der Waals surface area contributed by atoms with Crippen LogP contribution in [0.5, 0.6) is 0 Å². The molecule has 0 amide bonds. The van der Waals surface area contributed by atoms with Crippen LogP contribution in [0.15, 0.2) is 24.3 Å². The molecule has 5 heteroatoms. The highest BCUT2D eigenvalue weighted by Gasteiger charge is 2.28. The van der Waals surface area contributed by atoms with Crippen LogP contribution in [0, 0.1) is 0 Å². The molecule has 0 bridgehead atoms. The zero-order chi connectivity index (χ0) is 12.7. The number of rotatable bonds is 2. The molecule has 2 heterocycles. The second-order valence-corrected chi connectivity index (χ2v) is 6.15. The average Bonchev–Trinajstić information content (AvgIpc) is 2.92. The quantitative estimate of drug-likeness (QED) is 0.764. The summed E-state index contributed by atoms with van der Waals surface area (Å²) < 4.78 is 6.34. The standard InChI is InChI=1S/C13H8Cl2O2S/c14-8-2-1-7-6-17-12(10(7)3-8)11-4-9(5-16)18-13(11)15/h1-5,12H,6H2. The summed E-state index contributed by atoms with van der Waals surface area (Å²) >= 11 is 13.4. The Balaban J connectivity index is 2.07. The van der Waals surface area contributed by atoms with Crippen molar-refractivity contribution in [2.24, 2.45) is 0 Å². The molecule has 92 valence electrons. The summed E-state index contributed by atoms with van der Waals surface area (Å²) in [5.41, 5.74) is 2.98. The maximum absolute atomic E-state index is 10.8. The molecular weight excluding hydrogens is 291 g/mol. The number of benzene rings is 1. The number of hydrogen-bond donors (Lipinski definition) is 0. The van der Waals surface area contributed by atoms with Gasteiger partial charge < -0.3 is 4.74 Å². The van der Waals surface area contributed by atoms with Crippen molar-refractivity contribution in [3.63, 3.8) is 0 Å². The molecule has 1 unspecified atom stereocenters. The van der Waals surface area contributed by atoms with Gasteiger partial charge in [-0.05, 0) is 29.3 Å². The molecule has 0 N–H and O–H groups in total. The fourth-order valence-electron chi connectivity index (χ4n) is 2.10. The van der Waals surface area contributed by atoms with Gasteiger partial charge in [-0.15, -0.1) is 11.3 Å². The number of ether oxygens (including phenoxy) is 1. The van der Waals surface area contributed by atoms with Crippen LogP contribution >= 0.6 is 34.5 Å². The maximum Gasteiger partial charge on any atom is 0.160 e. The Kier molecular flexibility index (Phi) is 3.16. The van der Waals surface area contributed by atoms with E-state index in [1.54, 1.807) is 6.07 Å². The molecule has 1 aliphatic heterocycles. The number of hydrogen-bond acceptors (Lipinski definition) is 3. The lowest BCUT2D eigenvalue weighted by molar-refractivity contribution is 0.0942. The van der Waals surface area contributed by atoms with Crippen LogP contribution < -0.4 is 0 Å². The Morgan fingerprint density at radius 2 is 2.11 bits per heavy atom. The Morgan fingerprint density at radius 3 is 2.83 bits per heavy atom.